The number of Topliss-reactive ketones (excluding diaryl/α,β-unsaturated/α-hetero) is 1. The number of allylic oxidation sites excluding steroid dienone is 2. The highest BCUT2D eigenvalue weighted by atomic mass is 32.1. The zero-order valence-corrected chi connectivity index (χ0v) is 17.9. The van der Waals surface area contributed by atoms with Crippen LogP contribution >= 0.6 is 12.2 Å². The number of benzene rings is 1. The van der Waals surface area contributed by atoms with Gasteiger partial charge in [0.05, 0.1) is 0 Å². The summed E-state index contributed by atoms with van der Waals surface area (Å²) in [7, 11) is 0. The first-order chi connectivity index (χ1) is 13.3. The SMILES string of the molecule is C[C@]12CCC(=S)C=C1C[C@@H](c1ccc(N)cc1)[C@@H]1[C@@H]2CC[C@]2(C)C(=O)CC[C@@H]12. The van der Waals surface area contributed by atoms with Gasteiger partial charge in [-0.25, -0.2) is 0 Å². The Kier molecular flexibility index (Phi) is 4.14. The van der Waals surface area contributed by atoms with Gasteiger partial charge in [-0.2, -0.15) is 0 Å². The van der Waals surface area contributed by atoms with Crippen molar-refractivity contribution in [3.63, 3.8) is 0 Å². The molecule has 0 aromatic heterocycles. The third kappa shape index (κ3) is 2.51. The molecule has 2 N–H and O–H groups in total. The van der Waals surface area contributed by atoms with E-state index >= 15 is 0 Å². The van der Waals surface area contributed by atoms with Crippen molar-refractivity contribution in [1.29, 1.82) is 0 Å². The van der Waals surface area contributed by atoms with Gasteiger partial charge in [-0.05, 0) is 91.4 Å². The molecule has 1 aromatic rings. The van der Waals surface area contributed by atoms with Crippen molar-refractivity contribution in [2.24, 2.45) is 28.6 Å². The number of ketones is 1. The van der Waals surface area contributed by atoms with Crippen molar-refractivity contribution in [2.75, 3.05) is 5.73 Å². The predicted molar refractivity (Wildman–Crippen MR) is 118 cm³/mol. The molecule has 1 aromatic carbocycles. The standard InChI is InChI=1S/C25H31NOS/c1-24-11-9-18(28)13-16(24)14-19(15-3-5-17(26)6-4-15)23-20-7-8-22(27)25(20,2)12-10-21(23)24/h3-6,13,19-21,23H,7-12,14,26H2,1-2H3/t19-,20-,21-,23-,24-,25-/m0/s1. The van der Waals surface area contributed by atoms with Crippen LogP contribution in [0.25, 0.3) is 0 Å². The van der Waals surface area contributed by atoms with Gasteiger partial charge in [0, 0.05) is 22.4 Å². The van der Waals surface area contributed by atoms with E-state index in [2.05, 4.69) is 32.1 Å². The molecule has 0 radical (unpaired) electrons. The van der Waals surface area contributed by atoms with Gasteiger partial charge in [-0.3, -0.25) is 4.79 Å². The number of nitrogen functional groups attached to an aromatic ring is 1. The molecule has 0 aliphatic heterocycles. The fourth-order valence-corrected chi connectivity index (χ4v) is 7.66. The smallest absolute Gasteiger partial charge is 0.139 e. The number of hydrogen-bond acceptors (Lipinski definition) is 3. The second kappa shape index (κ2) is 6.26. The Hall–Kier alpha value is -1.48. The van der Waals surface area contributed by atoms with Crippen LogP contribution in [-0.4, -0.2) is 10.6 Å². The first-order valence-electron chi connectivity index (χ1n) is 11.0. The Morgan fingerprint density at radius 3 is 2.46 bits per heavy atom. The first-order valence-corrected chi connectivity index (χ1v) is 11.4. The number of rotatable bonds is 1. The fraction of sp³-hybridized carbons (Fsp3) is 0.600. The van der Waals surface area contributed by atoms with Crippen LogP contribution in [0.4, 0.5) is 5.69 Å². The summed E-state index contributed by atoms with van der Waals surface area (Å²) in [4.78, 5) is 14.0. The minimum atomic E-state index is -0.102. The minimum Gasteiger partial charge on any atom is -0.399 e. The molecule has 0 spiro atoms. The highest BCUT2D eigenvalue weighted by molar-refractivity contribution is 7.80. The van der Waals surface area contributed by atoms with Crippen molar-refractivity contribution in [3.05, 3.63) is 41.5 Å². The highest BCUT2D eigenvalue weighted by Gasteiger charge is 2.61. The van der Waals surface area contributed by atoms with Crippen molar-refractivity contribution >= 4 is 28.6 Å². The summed E-state index contributed by atoms with van der Waals surface area (Å²) in [5, 5.41) is 0. The molecule has 3 saturated carbocycles. The number of thiocarbonyl (C=S) groups is 1. The summed E-state index contributed by atoms with van der Waals surface area (Å²) in [6.07, 6.45) is 9.76. The van der Waals surface area contributed by atoms with Crippen molar-refractivity contribution in [3.8, 4) is 0 Å². The summed E-state index contributed by atoms with van der Waals surface area (Å²) >= 11 is 5.61. The van der Waals surface area contributed by atoms with E-state index in [0.717, 1.165) is 42.7 Å². The van der Waals surface area contributed by atoms with E-state index in [0.29, 0.717) is 29.5 Å². The molecule has 0 saturated heterocycles. The van der Waals surface area contributed by atoms with E-state index in [1.54, 1.807) is 5.57 Å². The van der Waals surface area contributed by atoms with Gasteiger partial charge in [0.25, 0.3) is 0 Å². The molecule has 2 nitrogen and oxygen atoms in total. The molecule has 6 atom stereocenters. The average Bonchev–Trinajstić information content (AvgIpc) is 2.98. The van der Waals surface area contributed by atoms with Gasteiger partial charge in [0.15, 0.2) is 0 Å². The maximum Gasteiger partial charge on any atom is 0.139 e. The Labute approximate surface area is 174 Å². The number of hydrogen-bond donors (Lipinski definition) is 1. The van der Waals surface area contributed by atoms with Gasteiger partial charge in [0.2, 0.25) is 0 Å². The zero-order valence-electron chi connectivity index (χ0n) is 17.0. The van der Waals surface area contributed by atoms with Gasteiger partial charge < -0.3 is 5.73 Å². The normalized spacial score (nSPS) is 42.4. The van der Waals surface area contributed by atoms with Crippen molar-refractivity contribution in [2.45, 2.75) is 64.7 Å². The van der Waals surface area contributed by atoms with Gasteiger partial charge in [-0.15, -0.1) is 0 Å². The second-order valence-electron chi connectivity index (χ2n) is 10.2. The molecule has 3 fully saturated rings. The third-order valence-electron chi connectivity index (χ3n) is 9.09. The molecule has 0 amide bonds. The number of nitrogens with two attached hydrogens (primary N) is 1. The molecule has 148 valence electrons. The lowest BCUT2D eigenvalue weighted by molar-refractivity contribution is -0.133. The van der Waals surface area contributed by atoms with E-state index < -0.39 is 0 Å². The Balaban J connectivity index is 1.64. The molecule has 0 heterocycles. The van der Waals surface area contributed by atoms with E-state index in [4.69, 9.17) is 18.0 Å². The lowest BCUT2D eigenvalue weighted by Gasteiger charge is -2.59. The van der Waals surface area contributed by atoms with Crippen LogP contribution in [0.5, 0.6) is 0 Å². The average molecular weight is 394 g/mol. The minimum absolute atomic E-state index is 0.102. The summed E-state index contributed by atoms with van der Waals surface area (Å²) in [6, 6.07) is 8.54. The molecule has 4 aliphatic carbocycles. The van der Waals surface area contributed by atoms with Crippen LogP contribution in [0.2, 0.25) is 0 Å². The Morgan fingerprint density at radius 2 is 1.71 bits per heavy atom. The molecule has 0 bridgehead atoms. The zero-order chi connectivity index (χ0) is 19.7. The van der Waals surface area contributed by atoms with E-state index in [1.807, 2.05) is 12.1 Å². The van der Waals surface area contributed by atoms with Gasteiger partial charge in [-0.1, -0.05) is 43.8 Å². The van der Waals surface area contributed by atoms with Crippen molar-refractivity contribution < 1.29 is 4.79 Å². The summed E-state index contributed by atoms with van der Waals surface area (Å²) in [5.74, 6) is 2.75. The third-order valence-corrected chi connectivity index (χ3v) is 9.41. The van der Waals surface area contributed by atoms with Crippen LogP contribution < -0.4 is 5.73 Å². The van der Waals surface area contributed by atoms with Crippen LogP contribution in [0.3, 0.4) is 0 Å². The van der Waals surface area contributed by atoms with Gasteiger partial charge in [0.1, 0.15) is 5.78 Å². The number of anilines is 1. The maximum absolute atomic E-state index is 12.9. The molecule has 28 heavy (non-hydrogen) atoms. The molecular formula is C25H31NOS. The fourth-order valence-electron chi connectivity index (χ4n) is 7.42. The molecule has 5 rings (SSSR count). The first kappa shape index (κ1) is 18.5. The second-order valence-corrected chi connectivity index (χ2v) is 10.8. The molecule has 4 aliphatic rings. The van der Waals surface area contributed by atoms with Crippen LogP contribution in [0.15, 0.2) is 35.9 Å². The lowest BCUT2D eigenvalue weighted by Crippen LogP contribution is -2.53. The summed E-state index contributed by atoms with van der Waals surface area (Å²) in [5.41, 5.74) is 9.92. The van der Waals surface area contributed by atoms with Crippen LogP contribution in [-0.2, 0) is 4.79 Å². The Morgan fingerprint density at radius 1 is 1.00 bits per heavy atom. The van der Waals surface area contributed by atoms with E-state index in [-0.39, 0.29) is 10.8 Å². The van der Waals surface area contributed by atoms with E-state index in [1.165, 1.54) is 18.4 Å². The van der Waals surface area contributed by atoms with Crippen LogP contribution in [0.1, 0.15) is 70.3 Å². The number of fused-ring (bicyclic) bond motifs is 5. The quantitative estimate of drug-likeness (QED) is 0.480. The predicted octanol–water partition coefficient (Wildman–Crippen LogP) is 5.86. The van der Waals surface area contributed by atoms with E-state index in [9.17, 15) is 4.79 Å². The number of carbonyl (C=O) groups excluding carboxylic acids is 1. The van der Waals surface area contributed by atoms with Crippen molar-refractivity contribution in [1.82, 2.24) is 0 Å². The van der Waals surface area contributed by atoms with Gasteiger partial charge >= 0.3 is 0 Å². The van der Waals surface area contributed by atoms with Crippen LogP contribution in [0, 0.1) is 28.6 Å². The maximum atomic E-state index is 12.9. The summed E-state index contributed by atoms with van der Waals surface area (Å²) < 4.78 is 0. The summed E-state index contributed by atoms with van der Waals surface area (Å²) in [6.45, 7) is 4.77. The molecular weight excluding hydrogens is 362 g/mol. The lowest BCUT2D eigenvalue weighted by atomic mass is 9.44. The molecule has 0 unspecified atom stereocenters. The Bertz CT molecular complexity index is 871. The largest absolute Gasteiger partial charge is 0.399 e. The highest BCUT2D eigenvalue weighted by Crippen LogP contribution is 2.67. The monoisotopic (exact) mass is 393 g/mol. The number of carbonyl (C=O) groups is 1. The topological polar surface area (TPSA) is 43.1 Å². The molecule has 3 heteroatoms.